The number of carbonyl (C=O) groups is 2. The fourth-order valence-electron chi connectivity index (χ4n) is 4.30. The van der Waals surface area contributed by atoms with Gasteiger partial charge in [-0.2, -0.15) is 0 Å². The zero-order valence-electron chi connectivity index (χ0n) is 16.3. The number of nitrogens with one attached hydrogen (secondary N) is 1. The van der Waals surface area contributed by atoms with Gasteiger partial charge in [-0.05, 0) is 49.4 Å². The Labute approximate surface area is 161 Å². The highest BCUT2D eigenvalue weighted by Crippen LogP contribution is 2.43. The predicted molar refractivity (Wildman–Crippen MR) is 110 cm³/mol. The maximum absolute atomic E-state index is 13.1. The summed E-state index contributed by atoms with van der Waals surface area (Å²) in [6, 6.07) is 17.7. The van der Waals surface area contributed by atoms with Crippen LogP contribution in [-0.2, 0) is 9.59 Å². The lowest BCUT2D eigenvalue weighted by Gasteiger charge is -2.41. The molecule has 1 heterocycles. The molecule has 4 nitrogen and oxygen atoms in total. The highest BCUT2D eigenvalue weighted by atomic mass is 16.2. The number of benzene rings is 2. The van der Waals surface area contributed by atoms with E-state index >= 15 is 0 Å². The first kappa shape index (κ1) is 19.2. The first-order valence-electron chi connectivity index (χ1n) is 9.77. The number of fused-ring (bicyclic) bond motifs is 1. The summed E-state index contributed by atoms with van der Waals surface area (Å²) < 4.78 is 0. The second-order valence-electron chi connectivity index (χ2n) is 7.39. The van der Waals surface area contributed by atoms with E-state index in [2.05, 4.69) is 25.2 Å². The molecule has 0 radical (unpaired) electrons. The van der Waals surface area contributed by atoms with Gasteiger partial charge < -0.3 is 10.2 Å². The van der Waals surface area contributed by atoms with Crippen LogP contribution in [0.15, 0.2) is 54.6 Å². The molecule has 142 valence electrons. The standard InChI is InChI=1S/C23H28N2O2/c1-4-10-20(23(27)24-18-11-6-5-7-12-18)21-15-16(2)25(17(3)26)22-14-9-8-13-19(21)22/h5-9,11-14,16,20-21H,4,10,15H2,1-3H3,(H,24,27)/t16-,20?,21-/m1/s1. The van der Waals surface area contributed by atoms with E-state index in [1.54, 1.807) is 6.92 Å². The van der Waals surface area contributed by atoms with Crippen LogP contribution in [0, 0.1) is 5.92 Å². The molecule has 0 fully saturated rings. The summed E-state index contributed by atoms with van der Waals surface area (Å²) in [7, 11) is 0. The van der Waals surface area contributed by atoms with Crippen molar-refractivity contribution in [1.29, 1.82) is 0 Å². The fourth-order valence-corrected chi connectivity index (χ4v) is 4.30. The Hall–Kier alpha value is -2.62. The highest BCUT2D eigenvalue weighted by molar-refractivity contribution is 5.96. The molecule has 0 saturated heterocycles. The van der Waals surface area contributed by atoms with Gasteiger partial charge in [0.25, 0.3) is 0 Å². The molecule has 0 aromatic heterocycles. The van der Waals surface area contributed by atoms with Crippen LogP contribution < -0.4 is 10.2 Å². The van der Waals surface area contributed by atoms with E-state index in [4.69, 9.17) is 0 Å². The molecule has 2 aromatic carbocycles. The zero-order chi connectivity index (χ0) is 19.4. The van der Waals surface area contributed by atoms with Crippen molar-refractivity contribution >= 4 is 23.2 Å². The summed E-state index contributed by atoms with van der Waals surface area (Å²) in [5, 5.41) is 3.08. The summed E-state index contributed by atoms with van der Waals surface area (Å²) in [4.78, 5) is 27.2. The van der Waals surface area contributed by atoms with Gasteiger partial charge in [-0.15, -0.1) is 0 Å². The van der Waals surface area contributed by atoms with Crippen LogP contribution in [0.1, 0.15) is 51.5 Å². The third-order valence-corrected chi connectivity index (χ3v) is 5.43. The third kappa shape index (κ3) is 4.05. The van der Waals surface area contributed by atoms with Crippen LogP contribution in [0.5, 0.6) is 0 Å². The minimum atomic E-state index is -0.118. The number of rotatable bonds is 5. The number of hydrogen-bond acceptors (Lipinski definition) is 2. The summed E-state index contributed by atoms with van der Waals surface area (Å²) in [5.74, 6) is 0.101. The Balaban J connectivity index is 1.94. The fraction of sp³-hybridized carbons (Fsp3) is 0.391. The lowest BCUT2D eigenvalue weighted by molar-refractivity contribution is -0.121. The van der Waals surface area contributed by atoms with Crippen LogP contribution in [0.3, 0.4) is 0 Å². The molecule has 2 aromatic rings. The van der Waals surface area contributed by atoms with Gasteiger partial charge in [-0.3, -0.25) is 9.59 Å². The van der Waals surface area contributed by atoms with Gasteiger partial charge in [0.15, 0.2) is 0 Å². The van der Waals surface area contributed by atoms with E-state index in [0.717, 1.165) is 36.2 Å². The zero-order valence-corrected chi connectivity index (χ0v) is 16.3. The summed E-state index contributed by atoms with van der Waals surface area (Å²) in [6.45, 7) is 5.80. The Bertz CT molecular complexity index is 803. The van der Waals surface area contributed by atoms with Gasteiger partial charge in [0.05, 0.1) is 0 Å². The Morgan fingerprint density at radius 3 is 2.44 bits per heavy atom. The summed E-state index contributed by atoms with van der Waals surface area (Å²) in [6.07, 6.45) is 2.56. The molecule has 27 heavy (non-hydrogen) atoms. The number of hydrogen-bond donors (Lipinski definition) is 1. The second kappa shape index (κ2) is 8.38. The van der Waals surface area contributed by atoms with Gasteiger partial charge in [-0.25, -0.2) is 0 Å². The van der Waals surface area contributed by atoms with Gasteiger partial charge in [0.2, 0.25) is 11.8 Å². The molecular weight excluding hydrogens is 336 g/mol. The number of para-hydroxylation sites is 2. The normalized spacial score (nSPS) is 19.9. The maximum Gasteiger partial charge on any atom is 0.228 e. The van der Waals surface area contributed by atoms with E-state index in [0.29, 0.717) is 0 Å². The van der Waals surface area contributed by atoms with Crippen LogP contribution >= 0.6 is 0 Å². The van der Waals surface area contributed by atoms with Gasteiger partial charge in [0.1, 0.15) is 0 Å². The van der Waals surface area contributed by atoms with E-state index in [9.17, 15) is 9.59 Å². The SMILES string of the molecule is CCCC(C(=O)Nc1ccccc1)[C@@H]1C[C@@H](C)N(C(C)=O)c2ccccc21. The quantitative estimate of drug-likeness (QED) is 0.814. The first-order chi connectivity index (χ1) is 13.0. The van der Waals surface area contributed by atoms with Crippen molar-refractivity contribution in [2.24, 2.45) is 5.92 Å². The van der Waals surface area contributed by atoms with Crippen molar-refractivity contribution in [2.45, 2.75) is 52.0 Å². The van der Waals surface area contributed by atoms with E-state index in [1.165, 1.54) is 0 Å². The maximum atomic E-state index is 13.1. The van der Waals surface area contributed by atoms with E-state index < -0.39 is 0 Å². The van der Waals surface area contributed by atoms with Crippen molar-refractivity contribution in [3.8, 4) is 0 Å². The second-order valence-corrected chi connectivity index (χ2v) is 7.39. The summed E-state index contributed by atoms with van der Waals surface area (Å²) >= 11 is 0. The van der Waals surface area contributed by atoms with Crippen LogP contribution in [-0.4, -0.2) is 17.9 Å². The van der Waals surface area contributed by atoms with E-state index in [1.807, 2.05) is 53.4 Å². The minimum Gasteiger partial charge on any atom is -0.326 e. The molecule has 4 heteroatoms. The van der Waals surface area contributed by atoms with Crippen molar-refractivity contribution in [3.05, 3.63) is 60.2 Å². The van der Waals surface area contributed by atoms with E-state index in [-0.39, 0.29) is 29.7 Å². The average molecular weight is 364 g/mol. The number of anilines is 2. The highest BCUT2D eigenvalue weighted by Gasteiger charge is 2.38. The van der Waals surface area contributed by atoms with Crippen LogP contribution in [0.2, 0.25) is 0 Å². The molecule has 0 bridgehead atoms. The van der Waals surface area contributed by atoms with Crippen molar-refractivity contribution in [3.63, 3.8) is 0 Å². The van der Waals surface area contributed by atoms with Crippen molar-refractivity contribution in [1.82, 2.24) is 0 Å². The molecule has 0 saturated carbocycles. The molecule has 3 atom stereocenters. The average Bonchev–Trinajstić information content (AvgIpc) is 2.66. The molecule has 3 rings (SSSR count). The monoisotopic (exact) mass is 364 g/mol. The first-order valence-corrected chi connectivity index (χ1v) is 9.77. The van der Waals surface area contributed by atoms with Gasteiger partial charge in [0, 0.05) is 30.3 Å². The lowest BCUT2D eigenvalue weighted by atomic mass is 9.75. The number of carbonyl (C=O) groups excluding carboxylic acids is 2. The molecule has 1 aliphatic rings. The van der Waals surface area contributed by atoms with Gasteiger partial charge in [-0.1, -0.05) is 49.7 Å². The Morgan fingerprint density at radius 2 is 1.78 bits per heavy atom. The topological polar surface area (TPSA) is 49.4 Å². The molecule has 0 aliphatic carbocycles. The van der Waals surface area contributed by atoms with Crippen LogP contribution in [0.4, 0.5) is 11.4 Å². The smallest absolute Gasteiger partial charge is 0.228 e. The third-order valence-electron chi connectivity index (χ3n) is 5.43. The van der Waals surface area contributed by atoms with Crippen molar-refractivity contribution in [2.75, 3.05) is 10.2 Å². The Morgan fingerprint density at radius 1 is 1.11 bits per heavy atom. The minimum absolute atomic E-state index is 0.0502. The van der Waals surface area contributed by atoms with Crippen molar-refractivity contribution < 1.29 is 9.59 Å². The summed E-state index contributed by atoms with van der Waals surface area (Å²) in [5.41, 5.74) is 2.88. The lowest BCUT2D eigenvalue weighted by Crippen LogP contribution is -2.44. The molecule has 2 amide bonds. The Kier molecular flexibility index (Phi) is 5.94. The van der Waals surface area contributed by atoms with Gasteiger partial charge >= 0.3 is 0 Å². The molecule has 1 N–H and O–H groups in total. The molecule has 1 unspecified atom stereocenters. The van der Waals surface area contributed by atoms with Crippen LogP contribution in [0.25, 0.3) is 0 Å². The number of amides is 2. The molecule has 1 aliphatic heterocycles. The predicted octanol–water partition coefficient (Wildman–Crippen LogP) is 4.97. The molecular formula is C23H28N2O2. The number of nitrogens with zero attached hydrogens (tertiary/aromatic N) is 1. The molecule has 0 spiro atoms. The largest absolute Gasteiger partial charge is 0.326 e.